The number of nitrogens with zero attached hydrogens (tertiary/aromatic N) is 2. The van der Waals surface area contributed by atoms with Crippen LogP contribution in [-0.4, -0.2) is 74.5 Å². The minimum Gasteiger partial charge on any atom is -0.444 e. The highest BCUT2D eigenvalue weighted by molar-refractivity contribution is 7.86. The highest BCUT2D eigenvalue weighted by Crippen LogP contribution is 2.27. The van der Waals surface area contributed by atoms with Gasteiger partial charge in [0, 0.05) is 32.2 Å². The number of hydrogen-bond acceptors (Lipinski definition) is 6. The fourth-order valence-corrected chi connectivity index (χ4v) is 4.04. The van der Waals surface area contributed by atoms with Gasteiger partial charge in [-0.05, 0) is 46.5 Å². The molecule has 0 atom stereocenters. The summed E-state index contributed by atoms with van der Waals surface area (Å²) < 4.78 is 32.9. The fourth-order valence-electron chi connectivity index (χ4n) is 3.35. The van der Waals surface area contributed by atoms with E-state index in [0.29, 0.717) is 19.1 Å². The molecule has 8 heteroatoms. The van der Waals surface area contributed by atoms with E-state index in [4.69, 9.17) is 8.92 Å². The zero-order valence-corrected chi connectivity index (χ0v) is 16.0. The SMILES string of the molecule is CC(C)(C)OC(=O)N1CCN(C2CCC(OS(C)(=O)=O)CC2)CC1. The highest BCUT2D eigenvalue weighted by Gasteiger charge is 2.32. The molecule has 7 nitrogen and oxygen atoms in total. The number of piperazine rings is 1. The van der Waals surface area contributed by atoms with Crippen LogP contribution in [0.1, 0.15) is 46.5 Å². The molecule has 0 aromatic heterocycles. The Kier molecular flexibility index (Phi) is 6.14. The molecule has 0 unspecified atom stereocenters. The topological polar surface area (TPSA) is 76.2 Å². The molecule has 1 heterocycles. The van der Waals surface area contributed by atoms with Gasteiger partial charge in [-0.3, -0.25) is 9.08 Å². The lowest BCUT2D eigenvalue weighted by molar-refractivity contribution is 0.00547. The Morgan fingerprint density at radius 1 is 1.00 bits per heavy atom. The average molecular weight is 362 g/mol. The van der Waals surface area contributed by atoms with Gasteiger partial charge in [0.25, 0.3) is 10.1 Å². The monoisotopic (exact) mass is 362 g/mol. The van der Waals surface area contributed by atoms with Crippen LogP contribution >= 0.6 is 0 Å². The minimum atomic E-state index is -3.37. The van der Waals surface area contributed by atoms with Crippen LogP contribution in [0.5, 0.6) is 0 Å². The van der Waals surface area contributed by atoms with Crippen molar-refractivity contribution in [1.29, 1.82) is 0 Å². The van der Waals surface area contributed by atoms with Crippen molar-refractivity contribution in [1.82, 2.24) is 9.80 Å². The highest BCUT2D eigenvalue weighted by atomic mass is 32.2. The van der Waals surface area contributed by atoms with E-state index in [0.717, 1.165) is 45.0 Å². The van der Waals surface area contributed by atoms with Crippen molar-refractivity contribution in [2.75, 3.05) is 32.4 Å². The smallest absolute Gasteiger partial charge is 0.410 e. The Morgan fingerprint density at radius 2 is 1.54 bits per heavy atom. The maximum Gasteiger partial charge on any atom is 0.410 e. The maximum absolute atomic E-state index is 12.1. The van der Waals surface area contributed by atoms with Gasteiger partial charge in [0.2, 0.25) is 0 Å². The molecule has 0 aromatic rings. The third kappa shape index (κ3) is 6.22. The molecule has 2 rings (SSSR count). The van der Waals surface area contributed by atoms with Crippen molar-refractivity contribution >= 4 is 16.2 Å². The largest absolute Gasteiger partial charge is 0.444 e. The van der Waals surface area contributed by atoms with Crippen molar-refractivity contribution in [2.24, 2.45) is 0 Å². The first kappa shape index (κ1) is 19.5. The van der Waals surface area contributed by atoms with Gasteiger partial charge in [0.1, 0.15) is 5.60 Å². The molecule has 140 valence electrons. The standard InChI is InChI=1S/C16H30N2O5S/c1-16(2,3)22-15(19)18-11-9-17(10-12-18)13-5-7-14(8-6-13)23-24(4,20)21/h13-14H,5-12H2,1-4H3. The summed E-state index contributed by atoms with van der Waals surface area (Å²) in [6.07, 6.45) is 4.09. The van der Waals surface area contributed by atoms with E-state index in [1.165, 1.54) is 0 Å². The van der Waals surface area contributed by atoms with E-state index in [1.54, 1.807) is 4.90 Å². The molecule has 2 aliphatic rings. The number of carbonyl (C=O) groups is 1. The second-order valence-corrected chi connectivity index (χ2v) is 9.33. The quantitative estimate of drug-likeness (QED) is 0.713. The molecule has 0 N–H and O–H groups in total. The van der Waals surface area contributed by atoms with E-state index in [-0.39, 0.29) is 12.2 Å². The number of amides is 1. The molecule has 1 aliphatic heterocycles. The van der Waals surface area contributed by atoms with E-state index in [2.05, 4.69) is 4.90 Å². The normalized spacial score (nSPS) is 27.1. The summed E-state index contributed by atoms with van der Waals surface area (Å²) in [6.45, 7) is 8.64. The van der Waals surface area contributed by atoms with E-state index >= 15 is 0 Å². The summed E-state index contributed by atoms with van der Waals surface area (Å²) in [5.74, 6) is 0. The van der Waals surface area contributed by atoms with E-state index < -0.39 is 15.7 Å². The first-order valence-corrected chi connectivity index (χ1v) is 10.5. The summed E-state index contributed by atoms with van der Waals surface area (Å²) in [4.78, 5) is 16.2. The van der Waals surface area contributed by atoms with Crippen LogP contribution in [0.15, 0.2) is 0 Å². The second kappa shape index (κ2) is 7.58. The number of ether oxygens (including phenoxy) is 1. The van der Waals surface area contributed by atoms with Gasteiger partial charge in [-0.2, -0.15) is 8.42 Å². The van der Waals surface area contributed by atoms with Gasteiger partial charge < -0.3 is 9.64 Å². The molecule has 1 aliphatic carbocycles. The second-order valence-electron chi connectivity index (χ2n) is 7.73. The number of carbonyl (C=O) groups excluding carboxylic acids is 1. The molecule has 1 amide bonds. The molecular formula is C16H30N2O5S. The molecule has 0 aromatic carbocycles. The first-order chi connectivity index (χ1) is 11.0. The molecule has 24 heavy (non-hydrogen) atoms. The molecule has 0 spiro atoms. The molecule has 0 radical (unpaired) electrons. The fraction of sp³-hybridized carbons (Fsp3) is 0.938. The minimum absolute atomic E-state index is 0.181. The third-order valence-electron chi connectivity index (χ3n) is 4.44. The van der Waals surface area contributed by atoms with Crippen LogP contribution in [0.3, 0.4) is 0 Å². The van der Waals surface area contributed by atoms with Gasteiger partial charge >= 0.3 is 6.09 Å². The predicted octanol–water partition coefficient (Wildman–Crippen LogP) is 1.83. The van der Waals surface area contributed by atoms with Crippen molar-refractivity contribution in [2.45, 2.75) is 64.2 Å². The zero-order chi connectivity index (χ0) is 18.0. The maximum atomic E-state index is 12.1. The summed E-state index contributed by atoms with van der Waals surface area (Å²) in [5.41, 5.74) is -0.466. The van der Waals surface area contributed by atoms with Crippen LogP contribution in [0.25, 0.3) is 0 Å². The van der Waals surface area contributed by atoms with Crippen molar-refractivity contribution in [3.05, 3.63) is 0 Å². The van der Waals surface area contributed by atoms with E-state index in [1.807, 2.05) is 20.8 Å². The van der Waals surface area contributed by atoms with Crippen LogP contribution in [-0.2, 0) is 19.0 Å². The Bertz CT molecular complexity index is 527. The van der Waals surface area contributed by atoms with Crippen molar-refractivity contribution in [3.8, 4) is 0 Å². The van der Waals surface area contributed by atoms with Gasteiger partial charge in [-0.1, -0.05) is 0 Å². The lowest BCUT2D eigenvalue weighted by Gasteiger charge is -2.41. The van der Waals surface area contributed by atoms with Gasteiger partial charge in [-0.15, -0.1) is 0 Å². The van der Waals surface area contributed by atoms with Crippen LogP contribution in [0.2, 0.25) is 0 Å². The van der Waals surface area contributed by atoms with Crippen LogP contribution < -0.4 is 0 Å². The van der Waals surface area contributed by atoms with Gasteiger partial charge in [0.05, 0.1) is 12.4 Å². The molecule has 2 fully saturated rings. The Balaban J connectivity index is 1.75. The van der Waals surface area contributed by atoms with Crippen molar-refractivity contribution in [3.63, 3.8) is 0 Å². The Morgan fingerprint density at radius 3 is 2.00 bits per heavy atom. The lowest BCUT2D eigenvalue weighted by atomic mass is 9.91. The number of rotatable bonds is 3. The molecule has 0 bridgehead atoms. The summed E-state index contributed by atoms with van der Waals surface area (Å²) in [5, 5.41) is 0. The third-order valence-corrected chi connectivity index (χ3v) is 5.06. The Hall–Kier alpha value is -0.860. The average Bonchev–Trinajstić information content (AvgIpc) is 2.45. The zero-order valence-electron chi connectivity index (χ0n) is 15.2. The summed E-state index contributed by atoms with van der Waals surface area (Å²) in [6, 6.07) is 0.449. The van der Waals surface area contributed by atoms with Crippen LogP contribution in [0.4, 0.5) is 4.79 Å². The van der Waals surface area contributed by atoms with Gasteiger partial charge in [0.15, 0.2) is 0 Å². The molecular weight excluding hydrogens is 332 g/mol. The molecule has 1 saturated heterocycles. The lowest BCUT2D eigenvalue weighted by Crippen LogP contribution is -2.53. The molecule has 1 saturated carbocycles. The van der Waals surface area contributed by atoms with Crippen LogP contribution in [0, 0.1) is 0 Å². The Labute approximate surface area is 145 Å². The van der Waals surface area contributed by atoms with Crippen molar-refractivity contribution < 1.29 is 22.1 Å². The summed E-state index contributed by atoms with van der Waals surface area (Å²) in [7, 11) is -3.37. The summed E-state index contributed by atoms with van der Waals surface area (Å²) >= 11 is 0. The predicted molar refractivity (Wildman–Crippen MR) is 91.4 cm³/mol. The van der Waals surface area contributed by atoms with E-state index in [9.17, 15) is 13.2 Å². The van der Waals surface area contributed by atoms with Gasteiger partial charge in [-0.25, -0.2) is 4.79 Å². The number of hydrogen-bond donors (Lipinski definition) is 0. The first-order valence-electron chi connectivity index (χ1n) is 8.64.